The molecule has 0 saturated heterocycles. The Hall–Kier alpha value is -2.37. The molecule has 0 radical (unpaired) electrons. The van der Waals surface area contributed by atoms with Gasteiger partial charge in [0.1, 0.15) is 6.54 Å². The number of aromatic nitrogens is 3. The molecule has 0 fully saturated rings. The van der Waals surface area contributed by atoms with Gasteiger partial charge in [0.2, 0.25) is 5.91 Å². The number of amides is 1. The molecule has 1 amide bonds. The highest BCUT2D eigenvalue weighted by molar-refractivity contribution is 5.75. The second-order valence-electron chi connectivity index (χ2n) is 5.59. The molecule has 1 aliphatic rings. The molecule has 2 heterocycles. The fourth-order valence-electron chi connectivity index (χ4n) is 2.76. The van der Waals surface area contributed by atoms with Gasteiger partial charge < -0.3 is 9.88 Å². The zero-order valence-corrected chi connectivity index (χ0v) is 12.5. The number of nitrogens with one attached hydrogen (secondary N) is 1. The zero-order valence-electron chi connectivity index (χ0n) is 12.5. The van der Waals surface area contributed by atoms with Crippen molar-refractivity contribution < 1.29 is 4.79 Å². The highest BCUT2D eigenvalue weighted by Gasteiger charge is 2.13. The standard InChI is InChI=1S/C16H20N4O2/c21-15(12-19-8-3-4-9-19)17-7-10-20-16(22)11-13-5-1-2-6-14(13)18-20/h3-4,8-9,11H,1-2,5-7,10,12H2,(H,17,21). The molecular weight excluding hydrogens is 280 g/mol. The number of carbonyl (C=O) groups is 1. The van der Waals surface area contributed by atoms with Gasteiger partial charge in [0, 0.05) is 25.0 Å². The summed E-state index contributed by atoms with van der Waals surface area (Å²) in [6, 6.07) is 5.46. The number of fused-ring (bicyclic) bond motifs is 1. The lowest BCUT2D eigenvalue weighted by Crippen LogP contribution is -2.34. The summed E-state index contributed by atoms with van der Waals surface area (Å²) in [5.74, 6) is -0.0674. The average molecular weight is 300 g/mol. The molecule has 6 heteroatoms. The molecule has 0 unspecified atom stereocenters. The van der Waals surface area contributed by atoms with Crippen LogP contribution in [0.3, 0.4) is 0 Å². The van der Waals surface area contributed by atoms with Crippen molar-refractivity contribution in [3.8, 4) is 0 Å². The lowest BCUT2D eigenvalue weighted by atomic mass is 9.97. The summed E-state index contributed by atoms with van der Waals surface area (Å²) >= 11 is 0. The van der Waals surface area contributed by atoms with Crippen molar-refractivity contribution in [2.24, 2.45) is 0 Å². The van der Waals surface area contributed by atoms with E-state index in [9.17, 15) is 9.59 Å². The molecule has 0 atom stereocenters. The summed E-state index contributed by atoms with van der Waals surface area (Å²) in [6.45, 7) is 1.11. The monoisotopic (exact) mass is 300 g/mol. The van der Waals surface area contributed by atoms with E-state index in [-0.39, 0.29) is 11.5 Å². The molecule has 0 aliphatic heterocycles. The molecule has 0 aromatic carbocycles. The van der Waals surface area contributed by atoms with Crippen LogP contribution in [-0.2, 0) is 30.7 Å². The Balaban J connectivity index is 1.55. The van der Waals surface area contributed by atoms with E-state index in [0.717, 1.165) is 36.9 Å². The summed E-state index contributed by atoms with van der Waals surface area (Å²) in [5.41, 5.74) is 2.04. The second kappa shape index (κ2) is 6.60. The van der Waals surface area contributed by atoms with E-state index in [1.54, 1.807) is 10.6 Å². The molecule has 116 valence electrons. The predicted molar refractivity (Wildman–Crippen MR) is 82.6 cm³/mol. The maximum absolute atomic E-state index is 12.0. The first-order chi connectivity index (χ1) is 10.7. The highest BCUT2D eigenvalue weighted by atomic mass is 16.2. The Morgan fingerprint density at radius 2 is 2.00 bits per heavy atom. The van der Waals surface area contributed by atoms with Gasteiger partial charge in [-0.15, -0.1) is 0 Å². The van der Waals surface area contributed by atoms with E-state index >= 15 is 0 Å². The Bertz CT molecular complexity index is 703. The van der Waals surface area contributed by atoms with E-state index in [1.165, 1.54) is 4.68 Å². The van der Waals surface area contributed by atoms with Gasteiger partial charge in [0.25, 0.3) is 5.56 Å². The minimum atomic E-state index is -0.0830. The Kier molecular flexibility index (Phi) is 4.37. The molecule has 0 saturated carbocycles. The third-order valence-electron chi connectivity index (χ3n) is 3.91. The first-order valence-electron chi connectivity index (χ1n) is 7.70. The molecule has 1 aliphatic carbocycles. The second-order valence-corrected chi connectivity index (χ2v) is 5.59. The molecule has 2 aromatic heterocycles. The number of aryl methyl sites for hydroxylation is 2. The minimum absolute atomic E-state index is 0.0674. The van der Waals surface area contributed by atoms with Gasteiger partial charge in [-0.1, -0.05) is 0 Å². The van der Waals surface area contributed by atoms with Crippen molar-refractivity contribution in [3.05, 3.63) is 52.2 Å². The summed E-state index contributed by atoms with van der Waals surface area (Å²) in [4.78, 5) is 23.8. The average Bonchev–Trinajstić information content (AvgIpc) is 3.00. The van der Waals surface area contributed by atoms with Crippen LogP contribution in [-0.4, -0.2) is 26.8 Å². The van der Waals surface area contributed by atoms with Crippen molar-refractivity contribution in [3.63, 3.8) is 0 Å². The van der Waals surface area contributed by atoms with Gasteiger partial charge in [0.05, 0.1) is 12.2 Å². The van der Waals surface area contributed by atoms with Gasteiger partial charge in [-0.2, -0.15) is 5.10 Å². The predicted octanol–water partition coefficient (Wildman–Crippen LogP) is 0.740. The fourth-order valence-corrected chi connectivity index (χ4v) is 2.76. The molecule has 2 aromatic rings. The van der Waals surface area contributed by atoms with Crippen molar-refractivity contribution in [2.45, 2.75) is 38.8 Å². The van der Waals surface area contributed by atoms with Crippen LogP contribution in [0.5, 0.6) is 0 Å². The van der Waals surface area contributed by atoms with Gasteiger partial charge in [0.15, 0.2) is 0 Å². The van der Waals surface area contributed by atoms with Crippen LogP contribution >= 0.6 is 0 Å². The molecule has 3 rings (SSSR count). The Morgan fingerprint density at radius 1 is 1.23 bits per heavy atom. The normalized spacial score (nSPS) is 13.6. The molecular formula is C16H20N4O2. The van der Waals surface area contributed by atoms with Crippen molar-refractivity contribution in [2.75, 3.05) is 6.54 Å². The number of nitrogens with zero attached hydrogens (tertiary/aromatic N) is 3. The fraction of sp³-hybridized carbons (Fsp3) is 0.438. The van der Waals surface area contributed by atoms with Crippen LogP contribution in [0, 0.1) is 0 Å². The van der Waals surface area contributed by atoms with E-state index in [2.05, 4.69) is 10.4 Å². The number of hydrogen-bond donors (Lipinski definition) is 1. The van der Waals surface area contributed by atoms with E-state index < -0.39 is 0 Å². The van der Waals surface area contributed by atoms with Crippen LogP contribution in [0.1, 0.15) is 24.1 Å². The van der Waals surface area contributed by atoms with Gasteiger partial charge in [-0.25, -0.2) is 4.68 Å². The molecule has 1 N–H and O–H groups in total. The summed E-state index contributed by atoms with van der Waals surface area (Å²) < 4.78 is 3.26. The molecule has 22 heavy (non-hydrogen) atoms. The third kappa shape index (κ3) is 3.44. The van der Waals surface area contributed by atoms with Gasteiger partial charge in [-0.3, -0.25) is 9.59 Å². The van der Waals surface area contributed by atoms with E-state index in [0.29, 0.717) is 19.6 Å². The maximum Gasteiger partial charge on any atom is 0.267 e. The van der Waals surface area contributed by atoms with Crippen molar-refractivity contribution >= 4 is 5.91 Å². The summed E-state index contributed by atoms with van der Waals surface area (Å²) in [5, 5.41) is 7.25. The first-order valence-corrected chi connectivity index (χ1v) is 7.70. The van der Waals surface area contributed by atoms with Crippen LogP contribution in [0.25, 0.3) is 0 Å². The van der Waals surface area contributed by atoms with Gasteiger partial charge in [-0.05, 0) is 43.4 Å². The van der Waals surface area contributed by atoms with Crippen LogP contribution < -0.4 is 10.9 Å². The summed E-state index contributed by atoms with van der Waals surface area (Å²) in [7, 11) is 0. The third-order valence-corrected chi connectivity index (χ3v) is 3.91. The quantitative estimate of drug-likeness (QED) is 0.885. The number of rotatable bonds is 5. The largest absolute Gasteiger partial charge is 0.353 e. The highest BCUT2D eigenvalue weighted by Crippen LogP contribution is 2.16. The van der Waals surface area contributed by atoms with Crippen molar-refractivity contribution in [1.29, 1.82) is 0 Å². The smallest absolute Gasteiger partial charge is 0.267 e. The maximum atomic E-state index is 12.0. The lowest BCUT2D eigenvalue weighted by molar-refractivity contribution is -0.121. The topological polar surface area (TPSA) is 68.9 Å². The van der Waals surface area contributed by atoms with E-state index in [4.69, 9.17) is 0 Å². The number of carbonyl (C=O) groups excluding carboxylic acids is 1. The SMILES string of the molecule is O=C(Cn1cccc1)NCCn1nc2c(cc1=O)CCCC2. The molecule has 0 bridgehead atoms. The van der Waals surface area contributed by atoms with Crippen LogP contribution in [0.2, 0.25) is 0 Å². The first kappa shape index (κ1) is 14.6. The molecule has 6 nitrogen and oxygen atoms in total. The summed E-state index contributed by atoms with van der Waals surface area (Å²) in [6.07, 6.45) is 7.84. The van der Waals surface area contributed by atoms with Crippen molar-refractivity contribution in [1.82, 2.24) is 19.7 Å². The van der Waals surface area contributed by atoms with Crippen LogP contribution in [0.4, 0.5) is 0 Å². The zero-order chi connectivity index (χ0) is 15.4. The Labute approximate surface area is 128 Å². The van der Waals surface area contributed by atoms with Gasteiger partial charge >= 0.3 is 0 Å². The Morgan fingerprint density at radius 3 is 2.82 bits per heavy atom. The number of hydrogen-bond acceptors (Lipinski definition) is 3. The minimum Gasteiger partial charge on any atom is -0.353 e. The van der Waals surface area contributed by atoms with Crippen LogP contribution in [0.15, 0.2) is 35.4 Å². The van der Waals surface area contributed by atoms with E-state index in [1.807, 2.05) is 24.5 Å². The lowest BCUT2D eigenvalue weighted by Gasteiger charge is -2.16. The molecule has 0 spiro atoms.